The first-order chi connectivity index (χ1) is 14.5. The number of halogens is 2. The minimum Gasteiger partial charge on any atom is -1.00 e. The smallest absolute Gasteiger partial charge is 1.00 e. The molecule has 0 amide bonds. The van der Waals surface area contributed by atoms with Crippen LogP contribution in [0, 0.1) is 10.8 Å². The zero-order valence-corrected chi connectivity index (χ0v) is 26.9. The van der Waals surface area contributed by atoms with E-state index in [-0.39, 0.29) is 88.5 Å². The zero-order chi connectivity index (χ0) is 22.3. The van der Waals surface area contributed by atoms with Gasteiger partial charge in [-0.15, -0.1) is 0 Å². The molecule has 4 nitrogen and oxygen atoms in total. The van der Waals surface area contributed by atoms with Crippen LogP contribution < -0.4 is 34.0 Å². The van der Waals surface area contributed by atoms with Crippen LogP contribution in [0.1, 0.15) is 125 Å². The molecule has 0 aromatic heterocycles. The van der Waals surface area contributed by atoms with Crippen molar-refractivity contribution < 1.29 is 63.9 Å². The van der Waals surface area contributed by atoms with Crippen molar-refractivity contribution in [1.82, 2.24) is 0 Å². The van der Waals surface area contributed by atoms with Crippen LogP contribution >= 0.6 is 0 Å². The monoisotopic (exact) mass is 694 g/mol. The number of rotatable bonds is 2. The van der Waals surface area contributed by atoms with Gasteiger partial charge in [-0.3, -0.25) is 0 Å². The van der Waals surface area contributed by atoms with Gasteiger partial charge < -0.3 is 43.4 Å². The number of hydrogen-bond acceptors (Lipinski definition) is 4. The van der Waals surface area contributed by atoms with Crippen LogP contribution in [0.4, 0.5) is 0 Å². The molecule has 4 rings (SSSR count). The Morgan fingerprint density at radius 2 is 0.912 bits per heavy atom. The molecule has 2 aliphatic carbocycles. The number of nitrogens with zero attached hydrogens (tertiary/aromatic N) is 2. The van der Waals surface area contributed by atoms with Crippen LogP contribution in [-0.4, -0.2) is 35.1 Å². The molecule has 200 valence electrons. The molecule has 0 saturated heterocycles. The maximum absolute atomic E-state index is 6.78. The molecular weight excluding hydrogens is 651 g/mol. The van der Waals surface area contributed by atoms with E-state index in [1.54, 1.807) is 0 Å². The quantitative estimate of drug-likeness (QED) is 0.409. The summed E-state index contributed by atoms with van der Waals surface area (Å²) in [6.07, 6.45) is 15.4. The van der Waals surface area contributed by atoms with E-state index in [9.17, 15) is 0 Å². The Morgan fingerprint density at radius 3 is 1.18 bits per heavy atom. The van der Waals surface area contributed by atoms with Gasteiger partial charge in [0.05, 0.1) is 18.5 Å². The molecule has 2 heterocycles. The van der Waals surface area contributed by atoms with Crippen molar-refractivity contribution in [3.63, 3.8) is 0 Å². The maximum atomic E-state index is 6.78. The molecule has 0 bridgehead atoms. The van der Waals surface area contributed by atoms with Crippen LogP contribution in [0.3, 0.4) is 0 Å². The fourth-order valence-electron chi connectivity index (χ4n) is 6.82. The van der Waals surface area contributed by atoms with E-state index in [2.05, 4.69) is 41.5 Å². The molecule has 2 saturated carbocycles. The van der Waals surface area contributed by atoms with Crippen molar-refractivity contribution in [1.29, 1.82) is 0 Å². The fourth-order valence-corrected chi connectivity index (χ4v) is 6.82. The van der Waals surface area contributed by atoms with Gasteiger partial charge in [0, 0.05) is 0 Å². The predicted molar refractivity (Wildman–Crippen MR) is 129 cm³/mol. The second-order valence-electron chi connectivity index (χ2n) is 12.9. The van der Waals surface area contributed by atoms with Crippen molar-refractivity contribution in [3.05, 3.63) is 0 Å². The molecule has 4 aliphatic rings. The molecule has 2 aliphatic heterocycles. The van der Waals surface area contributed by atoms with Gasteiger partial charge in [-0.05, 0) is 62.2 Å². The van der Waals surface area contributed by atoms with Crippen LogP contribution in [-0.2, 0) is 29.9 Å². The third-order valence-corrected chi connectivity index (χ3v) is 8.03. The summed E-state index contributed by atoms with van der Waals surface area (Å²) < 4.78 is 13.6. The van der Waals surface area contributed by atoms with Gasteiger partial charge >= 0.3 is 20.4 Å². The summed E-state index contributed by atoms with van der Waals surface area (Å²) in [6.45, 7) is 13.9. The van der Waals surface area contributed by atoms with E-state index >= 15 is 0 Å². The Balaban J connectivity index is 0.00000193. The third-order valence-electron chi connectivity index (χ3n) is 8.03. The van der Waals surface area contributed by atoms with E-state index in [1.165, 1.54) is 51.4 Å². The average molecular weight is 697 g/mol. The SMILES string of the molecule is CC(C)(C)[C@H]1N=C(CC2=N[C@H](C(C)(C)C)C3(CCCCCC3)O2)OC12CCCCCC2.[Br-].[Br-].[Pd+2]. The van der Waals surface area contributed by atoms with Crippen molar-refractivity contribution >= 4 is 11.8 Å². The molecule has 34 heavy (non-hydrogen) atoms. The van der Waals surface area contributed by atoms with E-state index < -0.39 is 0 Å². The minimum atomic E-state index is -0.118. The van der Waals surface area contributed by atoms with Gasteiger partial charge in [0.25, 0.3) is 0 Å². The molecule has 0 N–H and O–H groups in total. The van der Waals surface area contributed by atoms with Gasteiger partial charge in [0.15, 0.2) is 11.8 Å². The minimum absolute atomic E-state index is 0. The Labute approximate surface area is 243 Å². The van der Waals surface area contributed by atoms with Gasteiger partial charge in [0.2, 0.25) is 0 Å². The molecule has 0 aromatic rings. The molecule has 0 unspecified atom stereocenters. The molecule has 0 radical (unpaired) electrons. The Bertz CT molecular complexity index is 651. The Kier molecular flexibility index (Phi) is 11.9. The van der Waals surface area contributed by atoms with Gasteiger partial charge in [-0.2, -0.15) is 0 Å². The summed E-state index contributed by atoms with van der Waals surface area (Å²) in [4.78, 5) is 10.4. The van der Waals surface area contributed by atoms with Gasteiger partial charge in [-0.1, -0.05) is 67.2 Å². The fraction of sp³-hybridized carbons (Fsp3) is 0.926. The number of aliphatic imine (C=N–C) groups is 2. The summed E-state index contributed by atoms with van der Waals surface area (Å²) in [6, 6.07) is 0.445. The normalized spacial score (nSPS) is 28.2. The van der Waals surface area contributed by atoms with Crippen molar-refractivity contribution in [3.8, 4) is 0 Å². The first-order valence-corrected chi connectivity index (χ1v) is 13.1. The van der Waals surface area contributed by atoms with Crippen molar-refractivity contribution in [2.45, 2.75) is 148 Å². The van der Waals surface area contributed by atoms with Crippen LogP contribution in [0.2, 0.25) is 0 Å². The first-order valence-electron chi connectivity index (χ1n) is 13.1. The van der Waals surface area contributed by atoms with Crippen molar-refractivity contribution in [2.24, 2.45) is 20.8 Å². The summed E-state index contributed by atoms with van der Waals surface area (Å²) in [5.74, 6) is 1.75. The topological polar surface area (TPSA) is 43.2 Å². The Hall–Kier alpha value is 0.562. The van der Waals surface area contributed by atoms with Crippen molar-refractivity contribution in [2.75, 3.05) is 0 Å². The van der Waals surface area contributed by atoms with E-state index in [0.29, 0.717) is 6.42 Å². The molecule has 2 fully saturated rings. The second-order valence-corrected chi connectivity index (χ2v) is 12.9. The number of hydrogen-bond donors (Lipinski definition) is 0. The molecular formula is C27H46Br2N2O2Pd. The third kappa shape index (κ3) is 6.90. The zero-order valence-electron chi connectivity index (χ0n) is 22.1. The molecule has 2 atom stereocenters. The van der Waals surface area contributed by atoms with Crippen LogP contribution in [0.25, 0.3) is 0 Å². The molecule has 7 heteroatoms. The van der Waals surface area contributed by atoms with Gasteiger partial charge in [-0.25, -0.2) is 9.98 Å². The number of ether oxygens (including phenoxy) is 2. The standard InChI is InChI=1S/C27H46N2O2.2BrH.Pd/c1-24(2,3)22-26(15-11-7-8-12-16-26)30-20(28-22)19-21-29-23(25(4,5)6)27(31-21)17-13-9-10-14-18-27;;;/h22-23H,7-19H2,1-6H3;2*1H;/q;;;+2/p-2/t22-,23-;;;/m1.../s1. The molecule has 2 spiro atoms. The average Bonchev–Trinajstić information content (AvgIpc) is 2.97. The van der Waals surface area contributed by atoms with Crippen LogP contribution in [0.5, 0.6) is 0 Å². The van der Waals surface area contributed by atoms with E-state index in [1.807, 2.05) is 0 Å². The summed E-state index contributed by atoms with van der Waals surface area (Å²) in [5, 5.41) is 0. The first kappa shape index (κ1) is 32.6. The summed E-state index contributed by atoms with van der Waals surface area (Å²) in [7, 11) is 0. The second kappa shape index (κ2) is 12.4. The molecule has 0 aromatic carbocycles. The van der Waals surface area contributed by atoms with E-state index in [0.717, 1.165) is 37.5 Å². The summed E-state index contributed by atoms with van der Waals surface area (Å²) in [5.41, 5.74) is -0.0405. The Morgan fingerprint density at radius 1 is 0.618 bits per heavy atom. The van der Waals surface area contributed by atoms with Crippen LogP contribution in [0.15, 0.2) is 9.98 Å². The summed E-state index contributed by atoms with van der Waals surface area (Å²) >= 11 is 0. The van der Waals surface area contributed by atoms with E-state index in [4.69, 9.17) is 19.5 Å². The van der Waals surface area contributed by atoms with Gasteiger partial charge in [0.1, 0.15) is 11.2 Å². The maximum Gasteiger partial charge on any atom is 2.00 e. The predicted octanol–water partition coefficient (Wildman–Crippen LogP) is 1.25. The largest absolute Gasteiger partial charge is 2.00 e.